The van der Waals surface area contributed by atoms with Crippen LogP contribution in [0.3, 0.4) is 0 Å². The molecule has 422 valence electrons. The summed E-state index contributed by atoms with van der Waals surface area (Å²) in [6, 6.07) is 4.86. The van der Waals surface area contributed by atoms with Crippen LogP contribution in [0.4, 0.5) is 49.7 Å². The summed E-state index contributed by atoms with van der Waals surface area (Å²) in [5.74, 6) is -20.5. The van der Waals surface area contributed by atoms with E-state index in [1.807, 2.05) is 0 Å². The van der Waals surface area contributed by atoms with Crippen LogP contribution in [0.5, 0.6) is 0 Å². The van der Waals surface area contributed by atoms with Gasteiger partial charge in [0.15, 0.2) is 21.3 Å². The number of sulfonamides is 1. The predicted octanol–water partition coefficient (Wildman–Crippen LogP) is 8.37. The number of carboxylic acids is 2. The molecule has 17 nitrogen and oxygen atoms in total. The molecule has 78 heavy (non-hydrogen) atoms. The van der Waals surface area contributed by atoms with E-state index in [4.69, 9.17) is 11.6 Å². The highest BCUT2D eigenvalue weighted by atomic mass is 35.5. The Morgan fingerprint density at radius 1 is 0.846 bits per heavy atom. The van der Waals surface area contributed by atoms with Gasteiger partial charge in [-0.05, 0) is 94.5 Å². The van der Waals surface area contributed by atoms with Crippen LogP contribution in [-0.2, 0) is 77.1 Å². The third-order valence-electron chi connectivity index (χ3n) is 14.4. The van der Waals surface area contributed by atoms with Gasteiger partial charge in [-0.25, -0.2) is 25.6 Å². The second-order valence-corrected chi connectivity index (χ2v) is 25.3. The van der Waals surface area contributed by atoms with Crippen molar-refractivity contribution < 1.29 is 90.1 Å². The Morgan fingerprint density at radius 3 is 1.99 bits per heavy atom. The first-order chi connectivity index (χ1) is 35.9. The van der Waals surface area contributed by atoms with Crippen LogP contribution in [0, 0.1) is 35.3 Å². The van der Waals surface area contributed by atoms with Crippen molar-refractivity contribution in [1.82, 2.24) is 29.9 Å². The minimum Gasteiger partial charge on any atom is -0.481 e. The summed E-state index contributed by atoms with van der Waals surface area (Å²) in [5.41, 5.74) is -5.72. The minimum atomic E-state index is -5.24. The molecule has 2 aromatic carbocycles. The molecule has 0 bridgehead atoms. The first-order valence-corrected chi connectivity index (χ1v) is 27.8. The van der Waals surface area contributed by atoms with Crippen LogP contribution < -0.4 is 9.62 Å². The van der Waals surface area contributed by atoms with Crippen LogP contribution in [-0.4, -0.2) is 98.8 Å². The van der Waals surface area contributed by atoms with Gasteiger partial charge in [-0.15, -0.1) is 0 Å². The molecule has 0 spiro atoms. The number of fused-ring (bicyclic) bond motifs is 4. The quantitative estimate of drug-likeness (QED) is 0.0743. The maximum absolute atomic E-state index is 15.7. The van der Waals surface area contributed by atoms with Crippen LogP contribution >= 0.6 is 11.6 Å². The molecule has 6 atom stereocenters. The molecule has 2 fully saturated rings. The molecular formula is C48H46ClF10N7O10S2. The van der Waals surface area contributed by atoms with Crippen molar-refractivity contribution in [2.24, 2.45) is 23.7 Å². The van der Waals surface area contributed by atoms with E-state index in [-0.39, 0.29) is 49.8 Å². The number of carbonyl (C=O) groups excluding carboxylic acids is 2. The van der Waals surface area contributed by atoms with Crippen LogP contribution in [0.25, 0.3) is 22.0 Å². The second-order valence-electron chi connectivity index (χ2n) is 20.5. The molecule has 3 heterocycles. The number of aryl methyl sites for hydroxylation is 1. The molecule has 0 saturated heterocycles. The number of aliphatic carboxylic acids is 2. The average molecular weight is 1170 g/mol. The van der Waals surface area contributed by atoms with E-state index in [2.05, 4.69) is 20.5 Å². The normalized spacial score (nSPS) is 20.7. The van der Waals surface area contributed by atoms with Crippen molar-refractivity contribution in [2.45, 2.75) is 107 Å². The van der Waals surface area contributed by atoms with Crippen LogP contribution in [0.2, 0.25) is 5.02 Å². The lowest BCUT2D eigenvalue weighted by Crippen LogP contribution is -2.45. The number of benzene rings is 2. The number of anilines is 1. The lowest BCUT2D eigenvalue weighted by atomic mass is 9.74. The lowest BCUT2D eigenvalue weighted by Gasteiger charge is -2.32. The van der Waals surface area contributed by atoms with E-state index in [9.17, 15) is 81.4 Å². The van der Waals surface area contributed by atoms with Gasteiger partial charge in [0, 0.05) is 46.5 Å². The SMILES string of the molecule is CC(C)(CCc1ccc(-c2ccc(Cl)c3c(N(C(=O)[C@@H]4C[C@H](C(=O)O)C[C@H](C(=O)O)C4)S(C)(=O)=O)nn(CC(F)(F)F)c23)c([C@H](Cc2cc(F)cc(F)c2)NC(=O)Cn2nc(C(F)(F)F)c3c2C(F)(F)C2C[C@H]32)n1)S(C)(=O)=O. The second kappa shape index (κ2) is 20.1. The van der Waals surface area contributed by atoms with E-state index in [0.29, 0.717) is 12.3 Å². The highest BCUT2D eigenvalue weighted by Crippen LogP contribution is 2.68. The smallest absolute Gasteiger partial charge is 0.435 e. The summed E-state index contributed by atoms with van der Waals surface area (Å²) < 4.78 is 200. The highest BCUT2D eigenvalue weighted by Gasteiger charge is 2.68. The number of nitrogens with zero attached hydrogens (tertiary/aromatic N) is 6. The third-order valence-corrected chi connectivity index (χ3v) is 18.0. The number of halogens is 11. The van der Waals surface area contributed by atoms with Crippen molar-refractivity contribution in [1.29, 1.82) is 0 Å². The molecular weight excluding hydrogens is 1120 g/mol. The van der Waals surface area contributed by atoms with Crippen molar-refractivity contribution in [3.63, 3.8) is 0 Å². The van der Waals surface area contributed by atoms with Gasteiger partial charge in [-0.1, -0.05) is 23.7 Å². The molecule has 3 aliphatic rings. The van der Waals surface area contributed by atoms with Gasteiger partial charge in [-0.3, -0.25) is 33.5 Å². The van der Waals surface area contributed by atoms with Crippen LogP contribution in [0.15, 0.2) is 42.5 Å². The first kappa shape index (κ1) is 57.8. The fraction of sp³-hybridized carbons (Fsp3) is 0.479. The van der Waals surface area contributed by atoms with Gasteiger partial charge in [0.2, 0.25) is 21.8 Å². The minimum absolute atomic E-state index is 0.00378. The standard InChI is InChI=1S/C48H46ClF10N7O10S2/c1-45(2,77(3,73)74)10-9-27-5-6-28(37(60-27)33(13-21-11-25(50)17-26(51)12-21)61-34(67)19-64-40-35(39(62-64)48(57,58)59)30-18-31(30)47(40,55)56)29-7-8-32(49)36-38(29)65(20-46(52,53)54)63-41(36)66(78(4,75)76)42(68)22-14-23(43(69)70)16-24(15-22)44(71)72/h5-8,11-12,17,22-24,30-31,33H,9-10,13-16,18-20H2,1-4H3,(H,61,67)(H,69,70)(H,71,72)/t22-,23+,24-,30-,31?,33-/m0/s1. The number of hydrogen-bond donors (Lipinski definition) is 3. The lowest BCUT2D eigenvalue weighted by molar-refractivity contribution is -0.150. The maximum atomic E-state index is 15.7. The fourth-order valence-electron chi connectivity index (χ4n) is 10.3. The maximum Gasteiger partial charge on any atom is 0.435 e. The number of carboxylic acid groups (broad SMARTS) is 2. The molecule has 2 saturated carbocycles. The van der Waals surface area contributed by atoms with E-state index in [1.54, 1.807) is 0 Å². The monoisotopic (exact) mass is 1170 g/mol. The number of rotatable bonds is 17. The number of carbonyl (C=O) groups is 4. The number of pyridine rings is 1. The van der Waals surface area contributed by atoms with Crippen molar-refractivity contribution >= 4 is 71.9 Å². The van der Waals surface area contributed by atoms with Gasteiger partial charge in [0.05, 0.1) is 50.5 Å². The van der Waals surface area contributed by atoms with E-state index >= 15 is 8.78 Å². The molecule has 0 radical (unpaired) electrons. The molecule has 3 aromatic heterocycles. The number of alkyl halides is 8. The van der Waals surface area contributed by atoms with Gasteiger partial charge in [0.25, 0.3) is 5.92 Å². The Kier molecular flexibility index (Phi) is 14.9. The zero-order chi connectivity index (χ0) is 57.7. The van der Waals surface area contributed by atoms with E-state index in [1.165, 1.54) is 26.0 Å². The Bertz CT molecular complexity index is 3490. The van der Waals surface area contributed by atoms with Crippen molar-refractivity contribution in [3.8, 4) is 11.1 Å². The van der Waals surface area contributed by atoms with Gasteiger partial charge in [0.1, 0.15) is 30.4 Å². The zero-order valence-electron chi connectivity index (χ0n) is 41.2. The Hall–Kier alpha value is -6.36. The zero-order valence-corrected chi connectivity index (χ0v) is 43.6. The topological polar surface area (TPSA) is 241 Å². The molecule has 1 unspecified atom stereocenters. The number of amides is 2. The Morgan fingerprint density at radius 2 is 1.44 bits per heavy atom. The third kappa shape index (κ3) is 11.4. The first-order valence-electron chi connectivity index (χ1n) is 23.6. The molecule has 3 aliphatic carbocycles. The molecule has 0 aliphatic heterocycles. The summed E-state index contributed by atoms with van der Waals surface area (Å²) in [6.45, 7) is -0.610. The van der Waals surface area contributed by atoms with Gasteiger partial charge >= 0.3 is 24.3 Å². The summed E-state index contributed by atoms with van der Waals surface area (Å²) in [4.78, 5) is 57.7. The predicted molar refractivity (Wildman–Crippen MR) is 256 cm³/mol. The summed E-state index contributed by atoms with van der Waals surface area (Å²) in [7, 11) is -8.80. The number of sulfone groups is 1. The largest absolute Gasteiger partial charge is 0.481 e. The summed E-state index contributed by atoms with van der Waals surface area (Å²) in [5, 5.41) is 28.2. The van der Waals surface area contributed by atoms with E-state index < -0.39 is 203 Å². The van der Waals surface area contributed by atoms with Crippen molar-refractivity contribution in [3.05, 3.63) is 93.0 Å². The number of hydrogen-bond acceptors (Lipinski definition) is 11. The molecule has 2 amide bonds. The van der Waals surface area contributed by atoms with Crippen molar-refractivity contribution in [2.75, 3.05) is 16.8 Å². The molecule has 5 aromatic rings. The van der Waals surface area contributed by atoms with Gasteiger partial charge < -0.3 is 15.5 Å². The number of nitrogens with one attached hydrogen (secondary N) is 1. The molecule has 3 N–H and O–H groups in total. The Labute approximate surface area is 441 Å². The summed E-state index contributed by atoms with van der Waals surface area (Å²) in [6.07, 6.45) is -12.1. The van der Waals surface area contributed by atoms with E-state index in [0.717, 1.165) is 30.5 Å². The summed E-state index contributed by atoms with van der Waals surface area (Å²) >= 11 is 6.71. The molecule has 30 heteroatoms. The highest BCUT2D eigenvalue weighted by molar-refractivity contribution is 7.93. The van der Waals surface area contributed by atoms with Crippen LogP contribution in [0.1, 0.15) is 91.8 Å². The van der Waals surface area contributed by atoms with Gasteiger partial charge in [-0.2, -0.15) is 49.6 Å². The average Bonchev–Trinajstić information content (AvgIpc) is 3.84. The fourth-order valence-corrected chi connectivity index (χ4v) is 12.0. The number of aromatic nitrogens is 5. The molecule has 8 rings (SSSR count). The Balaban J connectivity index is 1.34.